The smallest absolute Gasteiger partial charge is 0.142 e. The normalized spacial score (nSPS) is 25.0. The van der Waals surface area contributed by atoms with Crippen LogP contribution in [0.3, 0.4) is 0 Å². The molecule has 0 bridgehead atoms. The quantitative estimate of drug-likeness (QED) is 0.699. The van der Waals surface area contributed by atoms with E-state index in [0.717, 1.165) is 36.1 Å². The van der Waals surface area contributed by atoms with Gasteiger partial charge in [0.05, 0.1) is 17.2 Å². The van der Waals surface area contributed by atoms with Gasteiger partial charge in [-0.05, 0) is 18.9 Å². The second-order valence-corrected chi connectivity index (χ2v) is 6.80. The molecular weight excluding hydrogens is 340 g/mol. The summed E-state index contributed by atoms with van der Waals surface area (Å²) in [4.78, 5) is 0. The van der Waals surface area contributed by atoms with Crippen LogP contribution >= 0.6 is 27.5 Å². The summed E-state index contributed by atoms with van der Waals surface area (Å²) < 4.78 is 12.3. The van der Waals surface area contributed by atoms with Gasteiger partial charge in [0.15, 0.2) is 0 Å². The monoisotopic (exact) mass is 358 g/mol. The van der Waals surface area contributed by atoms with Crippen LogP contribution < -0.4 is 4.74 Å². The predicted octanol–water partition coefficient (Wildman–Crippen LogP) is 5.11. The highest BCUT2D eigenvalue weighted by atomic mass is 79.9. The first-order valence-electron chi connectivity index (χ1n) is 7.36. The minimum atomic E-state index is 0.0821. The largest absolute Gasteiger partial charge is 0.488 e. The molecule has 1 heterocycles. The maximum absolute atomic E-state index is 6.30. The van der Waals surface area contributed by atoms with Gasteiger partial charge in [-0.25, -0.2) is 0 Å². The fourth-order valence-electron chi connectivity index (χ4n) is 3.41. The molecule has 3 rings (SSSR count). The Morgan fingerprint density at radius 3 is 2.90 bits per heavy atom. The van der Waals surface area contributed by atoms with Gasteiger partial charge in [-0.1, -0.05) is 52.5 Å². The number of benzene rings is 1. The molecule has 1 spiro atoms. The third-order valence-corrected chi connectivity index (χ3v) is 5.34. The SMILES string of the molecule is Clc1cccc(CBr)c1OC1CCOC2(CCCC2)C1. The van der Waals surface area contributed by atoms with Gasteiger partial charge in [0.1, 0.15) is 11.9 Å². The Morgan fingerprint density at radius 2 is 2.15 bits per heavy atom. The van der Waals surface area contributed by atoms with E-state index in [9.17, 15) is 0 Å². The second kappa shape index (κ2) is 6.25. The van der Waals surface area contributed by atoms with E-state index in [0.29, 0.717) is 5.02 Å². The molecule has 1 saturated carbocycles. The average Bonchev–Trinajstić information content (AvgIpc) is 2.89. The van der Waals surface area contributed by atoms with Crippen molar-refractivity contribution in [1.82, 2.24) is 0 Å². The van der Waals surface area contributed by atoms with Crippen molar-refractivity contribution in [2.45, 2.75) is 55.6 Å². The first-order valence-corrected chi connectivity index (χ1v) is 8.86. The van der Waals surface area contributed by atoms with Gasteiger partial charge in [-0.2, -0.15) is 0 Å². The number of rotatable bonds is 3. The highest BCUT2D eigenvalue weighted by Gasteiger charge is 2.40. The minimum Gasteiger partial charge on any atom is -0.488 e. The molecule has 1 aliphatic carbocycles. The van der Waals surface area contributed by atoms with E-state index in [1.807, 2.05) is 12.1 Å². The lowest BCUT2D eigenvalue weighted by Gasteiger charge is -2.38. The van der Waals surface area contributed by atoms with Crippen LogP contribution in [0.25, 0.3) is 0 Å². The van der Waals surface area contributed by atoms with Gasteiger partial charge in [0, 0.05) is 23.7 Å². The van der Waals surface area contributed by atoms with Crippen molar-refractivity contribution in [2.24, 2.45) is 0 Å². The van der Waals surface area contributed by atoms with E-state index in [-0.39, 0.29) is 11.7 Å². The number of para-hydroxylation sites is 1. The third-order valence-electron chi connectivity index (χ3n) is 4.44. The van der Waals surface area contributed by atoms with Crippen molar-refractivity contribution in [3.05, 3.63) is 28.8 Å². The molecule has 20 heavy (non-hydrogen) atoms. The summed E-state index contributed by atoms with van der Waals surface area (Å²) in [5.41, 5.74) is 1.20. The van der Waals surface area contributed by atoms with Crippen molar-refractivity contribution in [3.63, 3.8) is 0 Å². The summed E-state index contributed by atoms with van der Waals surface area (Å²) >= 11 is 9.81. The summed E-state index contributed by atoms with van der Waals surface area (Å²) in [5, 5.41) is 1.46. The van der Waals surface area contributed by atoms with Crippen LogP contribution in [0.15, 0.2) is 18.2 Å². The van der Waals surface area contributed by atoms with Crippen LogP contribution in [0.2, 0.25) is 5.02 Å². The highest BCUT2D eigenvalue weighted by molar-refractivity contribution is 9.08. The maximum atomic E-state index is 6.30. The van der Waals surface area contributed by atoms with Crippen molar-refractivity contribution < 1.29 is 9.47 Å². The summed E-state index contributed by atoms with van der Waals surface area (Å²) in [5.74, 6) is 0.839. The van der Waals surface area contributed by atoms with Gasteiger partial charge in [0.25, 0.3) is 0 Å². The fraction of sp³-hybridized carbons (Fsp3) is 0.625. The second-order valence-electron chi connectivity index (χ2n) is 5.83. The molecule has 0 amide bonds. The van der Waals surface area contributed by atoms with Gasteiger partial charge < -0.3 is 9.47 Å². The molecule has 1 unspecified atom stereocenters. The number of ether oxygens (including phenoxy) is 2. The Hall–Kier alpha value is -0.250. The van der Waals surface area contributed by atoms with E-state index >= 15 is 0 Å². The number of alkyl halides is 1. The van der Waals surface area contributed by atoms with E-state index in [1.165, 1.54) is 25.7 Å². The lowest BCUT2D eigenvalue weighted by molar-refractivity contribution is -0.108. The Labute approximate surface area is 133 Å². The van der Waals surface area contributed by atoms with Gasteiger partial charge in [-0.3, -0.25) is 0 Å². The summed E-state index contributed by atoms with van der Waals surface area (Å²) in [6.07, 6.45) is 7.10. The summed E-state index contributed by atoms with van der Waals surface area (Å²) in [6.45, 7) is 0.804. The molecule has 1 aliphatic heterocycles. The third kappa shape index (κ3) is 3.00. The van der Waals surface area contributed by atoms with Gasteiger partial charge in [-0.15, -0.1) is 0 Å². The van der Waals surface area contributed by atoms with Crippen molar-refractivity contribution >= 4 is 27.5 Å². The lowest BCUT2D eigenvalue weighted by Crippen LogP contribution is -2.41. The molecule has 2 fully saturated rings. The molecule has 1 aromatic rings. The standard InChI is InChI=1S/C16H20BrClO2/c17-11-12-4-3-5-14(18)15(12)20-13-6-9-19-16(10-13)7-1-2-8-16/h3-5,13H,1-2,6-11H2. The molecule has 2 aliphatic rings. The van der Waals surface area contributed by atoms with E-state index in [2.05, 4.69) is 22.0 Å². The Balaban J connectivity index is 1.74. The first-order chi connectivity index (χ1) is 9.72. The zero-order valence-electron chi connectivity index (χ0n) is 11.5. The number of halogens is 2. The van der Waals surface area contributed by atoms with Crippen molar-refractivity contribution in [2.75, 3.05) is 6.61 Å². The molecule has 4 heteroatoms. The molecule has 0 N–H and O–H groups in total. The summed E-state index contributed by atoms with van der Waals surface area (Å²) in [6, 6.07) is 5.92. The topological polar surface area (TPSA) is 18.5 Å². The molecule has 1 aromatic carbocycles. The molecule has 0 radical (unpaired) electrons. The molecular formula is C16H20BrClO2. The fourth-order valence-corrected chi connectivity index (χ4v) is 4.09. The number of hydrogen-bond acceptors (Lipinski definition) is 2. The van der Waals surface area contributed by atoms with Crippen LogP contribution in [-0.4, -0.2) is 18.3 Å². The predicted molar refractivity (Wildman–Crippen MR) is 84.9 cm³/mol. The summed E-state index contributed by atoms with van der Waals surface area (Å²) in [7, 11) is 0. The minimum absolute atomic E-state index is 0.0821. The lowest BCUT2D eigenvalue weighted by atomic mass is 9.90. The Bertz CT molecular complexity index is 472. The van der Waals surface area contributed by atoms with Crippen LogP contribution in [0, 0.1) is 0 Å². The molecule has 110 valence electrons. The van der Waals surface area contributed by atoms with E-state index in [4.69, 9.17) is 21.1 Å². The first kappa shape index (κ1) is 14.7. The maximum Gasteiger partial charge on any atom is 0.142 e. The highest BCUT2D eigenvalue weighted by Crippen LogP contribution is 2.42. The van der Waals surface area contributed by atoms with Crippen LogP contribution in [0.5, 0.6) is 5.75 Å². The van der Waals surface area contributed by atoms with Crippen molar-refractivity contribution in [1.29, 1.82) is 0 Å². The Morgan fingerprint density at radius 1 is 1.35 bits per heavy atom. The number of hydrogen-bond donors (Lipinski definition) is 0. The molecule has 1 atom stereocenters. The zero-order chi connectivity index (χ0) is 14.0. The Kier molecular flexibility index (Phi) is 4.58. The van der Waals surface area contributed by atoms with Crippen LogP contribution in [0.4, 0.5) is 0 Å². The van der Waals surface area contributed by atoms with Crippen LogP contribution in [0.1, 0.15) is 44.1 Å². The van der Waals surface area contributed by atoms with E-state index in [1.54, 1.807) is 0 Å². The molecule has 1 saturated heterocycles. The van der Waals surface area contributed by atoms with Gasteiger partial charge in [0.2, 0.25) is 0 Å². The molecule has 2 nitrogen and oxygen atoms in total. The van der Waals surface area contributed by atoms with Crippen molar-refractivity contribution in [3.8, 4) is 5.75 Å². The van der Waals surface area contributed by atoms with Gasteiger partial charge >= 0.3 is 0 Å². The van der Waals surface area contributed by atoms with Crippen LogP contribution in [-0.2, 0) is 10.1 Å². The average molecular weight is 360 g/mol. The van der Waals surface area contributed by atoms with E-state index < -0.39 is 0 Å². The zero-order valence-corrected chi connectivity index (χ0v) is 13.9. The molecule has 0 aromatic heterocycles.